The van der Waals surface area contributed by atoms with Crippen molar-refractivity contribution in [1.82, 2.24) is 9.88 Å². The summed E-state index contributed by atoms with van der Waals surface area (Å²) in [6.07, 6.45) is 5.15. The van der Waals surface area contributed by atoms with Crippen molar-refractivity contribution in [2.75, 3.05) is 13.1 Å². The smallest absolute Gasteiger partial charge is 0.273 e. The van der Waals surface area contributed by atoms with Crippen molar-refractivity contribution in [3.8, 4) is 0 Å². The maximum Gasteiger partial charge on any atom is 0.273 e. The summed E-state index contributed by atoms with van der Waals surface area (Å²) in [6, 6.07) is 3.93. The summed E-state index contributed by atoms with van der Waals surface area (Å²) >= 11 is 3.40. The summed E-state index contributed by atoms with van der Waals surface area (Å²) in [5, 5.41) is 0. The fraction of sp³-hybridized carbons (Fsp3) is 0.571. The molecule has 1 saturated carbocycles. The molecule has 2 fully saturated rings. The van der Waals surface area contributed by atoms with Gasteiger partial charge in [0.1, 0.15) is 5.69 Å². The van der Waals surface area contributed by atoms with E-state index in [4.69, 9.17) is 5.73 Å². The molecule has 102 valence electrons. The Morgan fingerprint density at radius 1 is 1.42 bits per heavy atom. The van der Waals surface area contributed by atoms with E-state index >= 15 is 0 Å². The summed E-state index contributed by atoms with van der Waals surface area (Å²) in [4.78, 5) is 18.6. The van der Waals surface area contributed by atoms with Gasteiger partial charge in [0.25, 0.3) is 5.91 Å². The van der Waals surface area contributed by atoms with Gasteiger partial charge in [-0.25, -0.2) is 4.98 Å². The van der Waals surface area contributed by atoms with Crippen LogP contribution in [-0.2, 0) is 0 Å². The number of fused-ring (bicyclic) bond motifs is 1. The van der Waals surface area contributed by atoms with Gasteiger partial charge in [0.2, 0.25) is 0 Å². The molecule has 1 amide bonds. The van der Waals surface area contributed by atoms with Crippen LogP contribution in [0.15, 0.2) is 22.8 Å². The lowest BCUT2D eigenvalue weighted by molar-refractivity contribution is 0.0776. The van der Waals surface area contributed by atoms with Crippen LogP contribution >= 0.6 is 15.9 Å². The number of amides is 1. The largest absolute Gasteiger partial charge is 0.337 e. The number of carbonyl (C=O) groups excluding carboxylic acids is 1. The number of nitrogens with zero attached hydrogens (tertiary/aromatic N) is 2. The van der Waals surface area contributed by atoms with Gasteiger partial charge in [-0.15, -0.1) is 0 Å². The fourth-order valence-electron chi connectivity index (χ4n) is 3.38. The first-order chi connectivity index (χ1) is 9.16. The normalized spacial score (nSPS) is 30.2. The van der Waals surface area contributed by atoms with E-state index in [1.54, 1.807) is 6.20 Å². The molecule has 0 bridgehead atoms. The van der Waals surface area contributed by atoms with E-state index in [2.05, 4.69) is 20.9 Å². The third kappa shape index (κ3) is 2.41. The molecular formula is C14H18BrN3O. The van der Waals surface area contributed by atoms with Crippen molar-refractivity contribution in [3.05, 3.63) is 28.5 Å². The molecule has 1 aromatic rings. The van der Waals surface area contributed by atoms with Gasteiger partial charge in [-0.1, -0.05) is 6.42 Å². The average Bonchev–Trinajstić information content (AvgIpc) is 2.84. The molecule has 0 aromatic carbocycles. The number of pyridine rings is 1. The Morgan fingerprint density at radius 2 is 2.26 bits per heavy atom. The van der Waals surface area contributed by atoms with E-state index in [9.17, 15) is 4.79 Å². The van der Waals surface area contributed by atoms with E-state index in [1.807, 2.05) is 17.0 Å². The number of halogens is 1. The maximum atomic E-state index is 12.5. The predicted octanol–water partition coefficient (Wildman–Crippen LogP) is 2.04. The Hall–Kier alpha value is -0.940. The molecule has 3 atom stereocenters. The molecule has 5 heteroatoms. The molecule has 1 aliphatic carbocycles. The summed E-state index contributed by atoms with van der Waals surface area (Å²) in [5.74, 6) is 1.07. The van der Waals surface area contributed by atoms with Crippen LogP contribution in [0.25, 0.3) is 0 Å². The summed E-state index contributed by atoms with van der Waals surface area (Å²) in [5.41, 5.74) is 6.70. The molecule has 4 nitrogen and oxygen atoms in total. The van der Waals surface area contributed by atoms with E-state index in [0.717, 1.165) is 24.0 Å². The summed E-state index contributed by atoms with van der Waals surface area (Å²) in [7, 11) is 0. The van der Waals surface area contributed by atoms with Crippen molar-refractivity contribution >= 4 is 21.8 Å². The number of rotatable bonds is 1. The van der Waals surface area contributed by atoms with E-state index < -0.39 is 0 Å². The van der Waals surface area contributed by atoms with Gasteiger partial charge in [-0.05, 0) is 52.7 Å². The zero-order valence-corrected chi connectivity index (χ0v) is 12.3. The molecule has 1 aromatic heterocycles. The van der Waals surface area contributed by atoms with Gasteiger partial charge in [-0.3, -0.25) is 4.79 Å². The van der Waals surface area contributed by atoms with Crippen LogP contribution in [0, 0.1) is 11.8 Å². The highest BCUT2D eigenvalue weighted by molar-refractivity contribution is 9.10. The fourth-order valence-corrected chi connectivity index (χ4v) is 3.80. The first-order valence-electron chi connectivity index (χ1n) is 6.82. The molecule has 19 heavy (non-hydrogen) atoms. The van der Waals surface area contributed by atoms with Crippen molar-refractivity contribution in [1.29, 1.82) is 0 Å². The molecule has 0 radical (unpaired) electrons. The molecular weight excluding hydrogens is 306 g/mol. The minimum absolute atomic E-state index is 0.0223. The predicted molar refractivity (Wildman–Crippen MR) is 76.6 cm³/mol. The number of likely N-dealkylation sites (tertiary alicyclic amines) is 1. The van der Waals surface area contributed by atoms with Gasteiger partial charge >= 0.3 is 0 Å². The quantitative estimate of drug-likeness (QED) is 0.860. The number of nitrogens with two attached hydrogens (primary N) is 1. The van der Waals surface area contributed by atoms with Crippen molar-refractivity contribution in [3.63, 3.8) is 0 Å². The van der Waals surface area contributed by atoms with Crippen LogP contribution in [-0.4, -0.2) is 34.9 Å². The van der Waals surface area contributed by atoms with Gasteiger partial charge in [0, 0.05) is 29.8 Å². The minimum atomic E-state index is 0.0223. The average molecular weight is 324 g/mol. The highest BCUT2D eigenvalue weighted by Gasteiger charge is 2.40. The van der Waals surface area contributed by atoms with Crippen molar-refractivity contribution in [2.45, 2.75) is 25.3 Å². The van der Waals surface area contributed by atoms with Gasteiger partial charge in [-0.2, -0.15) is 0 Å². The molecule has 0 spiro atoms. The Bertz CT molecular complexity index is 493. The zero-order valence-electron chi connectivity index (χ0n) is 10.8. The number of aromatic nitrogens is 1. The molecule has 1 aliphatic heterocycles. The minimum Gasteiger partial charge on any atom is -0.337 e. The van der Waals surface area contributed by atoms with Crippen LogP contribution in [0.4, 0.5) is 0 Å². The van der Waals surface area contributed by atoms with E-state index in [0.29, 0.717) is 17.5 Å². The molecule has 3 rings (SSSR count). The van der Waals surface area contributed by atoms with Crippen LogP contribution in [0.3, 0.4) is 0 Å². The summed E-state index contributed by atoms with van der Waals surface area (Å²) < 4.78 is 0.763. The maximum absolute atomic E-state index is 12.5. The lowest BCUT2D eigenvalue weighted by atomic mass is 9.78. The van der Waals surface area contributed by atoms with E-state index in [-0.39, 0.29) is 11.9 Å². The number of hydrogen-bond donors (Lipinski definition) is 1. The van der Waals surface area contributed by atoms with Crippen LogP contribution in [0.2, 0.25) is 0 Å². The Morgan fingerprint density at radius 3 is 3.00 bits per heavy atom. The van der Waals surface area contributed by atoms with Crippen molar-refractivity contribution < 1.29 is 4.79 Å². The molecule has 2 N–H and O–H groups in total. The Kier molecular flexibility index (Phi) is 3.58. The van der Waals surface area contributed by atoms with Gasteiger partial charge in [0.15, 0.2) is 0 Å². The molecule has 1 saturated heterocycles. The van der Waals surface area contributed by atoms with Crippen LogP contribution in [0.5, 0.6) is 0 Å². The van der Waals surface area contributed by atoms with E-state index in [1.165, 1.54) is 12.8 Å². The highest BCUT2D eigenvalue weighted by Crippen LogP contribution is 2.36. The number of carbonyl (C=O) groups is 1. The first-order valence-corrected chi connectivity index (χ1v) is 7.61. The molecule has 2 heterocycles. The van der Waals surface area contributed by atoms with Crippen LogP contribution in [0.1, 0.15) is 29.8 Å². The van der Waals surface area contributed by atoms with Gasteiger partial charge < -0.3 is 10.6 Å². The van der Waals surface area contributed by atoms with Gasteiger partial charge in [0.05, 0.1) is 0 Å². The molecule has 2 aliphatic rings. The third-order valence-electron chi connectivity index (χ3n) is 4.40. The monoisotopic (exact) mass is 323 g/mol. The third-order valence-corrected chi connectivity index (χ3v) is 5.04. The standard InChI is InChI=1S/C14H18BrN3O/c15-11-4-2-6-17-13(11)14(19)18-7-9-3-1-5-12(16)10(9)8-18/h2,4,6,9-10,12H,1,3,5,7-8,16H2. The topological polar surface area (TPSA) is 59.2 Å². The second-order valence-corrected chi connectivity index (χ2v) is 6.42. The lowest BCUT2D eigenvalue weighted by Crippen LogP contribution is -2.38. The number of hydrogen-bond acceptors (Lipinski definition) is 3. The lowest BCUT2D eigenvalue weighted by Gasteiger charge is -2.29. The highest BCUT2D eigenvalue weighted by atomic mass is 79.9. The Balaban J connectivity index is 1.78. The second-order valence-electron chi connectivity index (χ2n) is 5.56. The first kappa shape index (κ1) is 13.1. The van der Waals surface area contributed by atoms with Crippen LogP contribution < -0.4 is 5.73 Å². The molecule has 3 unspecified atom stereocenters. The van der Waals surface area contributed by atoms with Crippen molar-refractivity contribution in [2.24, 2.45) is 17.6 Å². The Labute approximate surface area is 121 Å². The SMILES string of the molecule is NC1CCCC2CN(C(=O)c3ncccc3Br)CC12. The zero-order chi connectivity index (χ0) is 13.4. The summed E-state index contributed by atoms with van der Waals surface area (Å²) in [6.45, 7) is 1.62. The second kappa shape index (κ2) is 5.21.